The topological polar surface area (TPSA) is 65.0 Å². The van der Waals surface area contributed by atoms with Crippen molar-refractivity contribution in [3.05, 3.63) is 0 Å². The van der Waals surface area contributed by atoms with E-state index in [4.69, 9.17) is 5.11 Å². The number of carbonyl (C=O) groups is 1. The van der Waals surface area contributed by atoms with Gasteiger partial charge in [0.05, 0.1) is 6.61 Å². The summed E-state index contributed by atoms with van der Waals surface area (Å²) in [6, 6.07) is 0. The number of alkyl halides is 9. The van der Waals surface area contributed by atoms with Crippen molar-refractivity contribution >= 4 is 5.97 Å². The maximum absolute atomic E-state index is 14.1. The predicted molar refractivity (Wildman–Crippen MR) is 74.3 cm³/mol. The lowest BCUT2D eigenvalue weighted by Crippen LogP contribution is -2.58. The molecule has 0 bridgehead atoms. The van der Waals surface area contributed by atoms with Crippen LogP contribution in [0.2, 0.25) is 0 Å². The first-order valence-corrected chi connectivity index (χ1v) is 7.54. The van der Waals surface area contributed by atoms with Crippen molar-refractivity contribution in [1.82, 2.24) is 0 Å². The molecule has 0 aliphatic carbocycles. The van der Waals surface area contributed by atoms with E-state index in [2.05, 4.69) is 14.2 Å². The molecule has 0 aliphatic heterocycles. The van der Waals surface area contributed by atoms with E-state index >= 15 is 0 Å². The Morgan fingerprint density at radius 1 is 0.857 bits per heavy atom. The largest absolute Gasteiger partial charge is 0.477 e. The Morgan fingerprint density at radius 3 is 1.68 bits per heavy atom. The van der Waals surface area contributed by atoms with Crippen LogP contribution < -0.4 is 0 Å². The van der Waals surface area contributed by atoms with Gasteiger partial charge < -0.3 is 14.6 Å². The number of hydrogen-bond donors (Lipinski definition) is 1. The Kier molecular flexibility index (Phi) is 7.85. The van der Waals surface area contributed by atoms with Gasteiger partial charge in [0.1, 0.15) is 12.3 Å². The molecule has 1 N–H and O–H groups in total. The van der Waals surface area contributed by atoms with Crippen LogP contribution in [0.15, 0.2) is 0 Å². The van der Waals surface area contributed by atoms with Crippen LogP contribution >= 0.6 is 0 Å². The van der Waals surface area contributed by atoms with Crippen LogP contribution in [0.4, 0.5) is 39.5 Å². The van der Waals surface area contributed by atoms with Crippen molar-refractivity contribution in [3.8, 4) is 0 Å². The van der Waals surface area contributed by atoms with Crippen molar-refractivity contribution in [2.24, 2.45) is 0 Å². The van der Waals surface area contributed by atoms with Crippen LogP contribution in [0.25, 0.3) is 0 Å². The van der Waals surface area contributed by atoms with Gasteiger partial charge in [-0.3, -0.25) is 4.74 Å². The molecule has 0 aromatic rings. The molecule has 5 nitrogen and oxygen atoms in total. The number of aliphatic carboxylic acids is 1. The molecule has 168 valence electrons. The van der Waals surface area contributed by atoms with Gasteiger partial charge in [0.2, 0.25) is 0 Å². The molecule has 0 spiro atoms. The van der Waals surface area contributed by atoms with Crippen LogP contribution in [0, 0.1) is 0 Å². The van der Waals surface area contributed by atoms with Crippen LogP contribution in [-0.4, -0.2) is 59.8 Å². The fraction of sp³-hybridized carbons (Fsp3) is 0.929. The van der Waals surface area contributed by atoms with Crippen LogP contribution in [0.1, 0.15) is 34.1 Å². The molecule has 28 heavy (non-hydrogen) atoms. The molecule has 4 atom stereocenters. The summed E-state index contributed by atoms with van der Waals surface area (Å²) in [7, 11) is 0. The van der Waals surface area contributed by atoms with E-state index in [1.807, 2.05) is 0 Å². The monoisotopic (exact) mass is 438 g/mol. The predicted octanol–water partition coefficient (Wildman–Crippen LogP) is 4.45. The summed E-state index contributed by atoms with van der Waals surface area (Å²) in [4.78, 5) is 10.4. The Hall–Kier alpha value is -1.28. The van der Waals surface area contributed by atoms with Gasteiger partial charge in [-0.05, 0) is 13.3 Å². The molecule has 0 saturated carbocycles. The van der Waals surface area contributed by atoms with Gasteiger partial charge in [0.25, 0.3) is 5.85 Å². The zero-order valence-electron chi connectivity index (χ0n) is 15.1. The summed E-state index contributed by atoms with van der Waals surface area (Å²) in [6.45, 7) is -2.11. The zero-order valence-corrected chi connectivity index (χ0v) is 15.1. The van der Waals surface area contributed by atoms with Crippen molar-refractivity contribution in [2.45, 2.75) is 69.6 Å². The highest BCUT2D eigenvalue weighted by Crippen LogP contribution is 2.45. The third-order valence-electron chi connectivity index (χ3n) is 3.53. The standard InChI is InChI=1S/C14H19F9O5/c1-5-9(2,15)6-27-11(4,17)14(22,23)28-12(18,13(19,20)21)7-26-10(3,16)8(24)25/h5-7H2,1-4H3,(H,24,25). The van der Waals surface area contributed by atoms with Crippen LogP contribution in [-0.2, 0) is 19.0 Å². The maximum Gasteiger partial charge on any atom is 0.451 e. The van der Waals surface area contributed by atoms with E-state index in [9.17, 15) is 44.3 Å². The average molecular weight is 438 g/mol. The lowest BCUT2D eigenvalue weighted by atomic mass is 10.1. The van der Waals surface area contributed by atoms with Crippen molar-refractivity contribution in [3.63, 3.8) is 0 Å². The highest BCUT2D eigenvalue weighted by atomic mass is 19.4. The Labute approximate surface area is 153 Å². The molecule has 4 unspecified atom stereocenters. The van der Waals surface area contributed by atoms with Gasteiger partial charge in [-0.25, -0.2) is 13.6 Å². The maximum atomic E-state index is 14.1. The van der Waals surface area contributed by atoms with Crippen LogP contribution in [0.3, 0.4) is 0 Å². The first kappa shape index (κ1) is 26.7. The van der Waals surface area contributed by atoms with Gasteiger partial charge in [-0.2, -0.15) is 30.7 Å². The second-order valence-corrected chi connectivity index (χ2v) is 6.33. The Balaban J connectivity index is 5.58. The van der Waals surface area contributed by atoms with E-state index in [-0.39, 0.29) is 20.3 Å². The van der Waals surface area contributed by atoms with Crippen molar-refractivity contribution in [2.75, 3.05) is 13.2 Å². The number of hydrogen-bond acceptors (Lipinski definition) is 4. The fourth-order valence-corrected chi connectivity index (χ4v) is 1.23. The van der Waals surface area contributed by atoms with E-state index in [0.717, 1.165) is 6.92 Å². The molecule has 0 amide bonds. The number of carboxylic acids is 1. The summed E-state index contributed by atoms with van der Waals surface area (Å²) < 4.78 is 132. The lowest BCUT2D eigenvalue weighted by Gasteiger charge is -2.37. The van der Waals surface area contributed by atoms with Crippen molar-refractivity contribution in [1.29, 1.82) is 0 Å². The summed E-state index contributed by atoms with van der Waals surface area (Å²) in [6.07, 6.45) is -12.4. The zero-order chi connectivity index (χ0) is 22.8. The molecule has 0 fully saturated rings. The lowest BCUT2D eigenvalue weighted by molar-refractivity contribution is -0.470. The third-order valence-corrected chi connectivity index (χ3v) is 3.53. The SMILES string of the molecule is CCC(C)(F)COC(C)(F)C(F)(F)OC(F)(COC(C)(F)C(=O)O)C(F)(F)F. The summed E-state index contributed by atoms with van der Waals surface area (Å²) in [5.41, 5.74) is -2.35. The highest BCUT2D eigenvalue weighted by molar-refractivity contribution is 5.74. The third kappa shape index (κ3) is 6.65. The first-order chi connectivity index (χ1) is 12.1. The average Bonchev–Trinajstić information content (AvgIpc) is 2.49. The quantitative estimate of drug-likeness (QED) is 0.483. The normalized spacial score (nSPS) is 21.9. The first-order valence-electron chi connectivity index (χ1n) is 7.54. The summed E-state index contributed by atoms with van der Waals surface area (Å²) >= 11 is 0. The van der Waals surface area contributed by atoms with Crippen LogP contribution in [0.5, 0.6) is 0 Å². The van der Waals surface area contributed by atoms with Gasteiger partial charge in [-0.15, -0.1) is 0 Å². The Morgan fingerprint density at radius 2 is 1.32 bits per heavy atom. The van der Waals surface area contributed by atoms with E-state index in [1.165, 1.54) is 6.92 Å². The number of ether oxygens (including phenoxy) is 3. The molecule has 0 aromatic heterocycles. The molecule has 0 rings (SSSR count). The molecule has 0 heterocycles. The molecule has 14 heteroatoms. The van der Waals surface area contributed by atoms with Gasteiger partial charge in [-0.1, -0.05) is 6.92 Å². The molecule has 0 radical (unpaired) electrons. The Bertz CT molecular complexity index is 548. The van der Waals surface area contributed by atoms with Gasteiger partial charge in [0.15, 0.2) is 0 Å². The molecule has 0 aromatic carbocycles. The second-order valence-electron chi connectivity index (χ2n) is 6.33. The molecule has 0 aliphatic rings. The molecular weight excluding hydrogens is 419 g/mol. The molecule has 0 saturated heterocycles. The van der Waals surface area contributed by atoms with Gasteiger partial charge in [0, 0.05) is 13.8 Å². The number of halogens is 9. The highest BCUT2D eigenvalue weighted by Gasteiger charge is 2.68. The molecular formula is C14H19F9O5. The minimum absolute atomic E-state index is 0.0550. The second kappa shape index (κ2) is 8.22. The summed E-state index contributed by atoms with van der Waals surface area (Å²) in [5, 5.41) is 8.36. The van der Waals surface area contributed by atoms with E-state index in [1.54, 1.807) is 0 Å². The smallest absolute Gasteiger partial charge is 0.451 e. The minimum Gasteiger partial charge on any atom is -0.477 e. The number of carboxylic acid groups (broad SMARTS) is 1. The summed E-state index contributed by atoms with van der Waals surface area (Å²) in [5.74, 6) is -16.4. The fourth-order valence-electron chi connectivity index (χ4n) is 1.23. The van der Waals surface area contributed by atoms with E-state index < -0.39 is 54.7 Å². The van der Waals surface area contributed by atoms with Crippen molar-refractivity contribution < 1.29 is 63.6 Å². The van der Waals surface area contributed by atoms with Gasteiger partial charge >= 0.3 is 30.0 Å². The minimum atomic E-state index is -6.33. The van der Waals surface area contributed by atoms with E-state index in [0.29, 0.717) is 0 Å². The number of rotatable bonds is 11.